The zero-order chi connectivity index (χ0) is 10.9. The summed E-state index contributed by atoms with van der Waals surface area (Å²) < 4.78 is 5.27. The summed E-state index contributed by atoms with van der Waals surface area (Å²) in [5, 5.41) is 0. The van der Waals surface area contributed by atoms with E-state index in [9.17, 15) is 4.79 Å². The van der Waals surface area contributed by atoms with Crippen LogP contribution in [-0.2, 0) is 9.53 Å². The largest absolute Gasteiger partial charge is 0.462 e. The normalized spacial score (nSPS) is 30.9. The monoisotopic (exact) mass is 199 g/mol. The van der Waals surface area contributed by atoms with Crippen molar-refractivity contribution in [1.29, 1.82) is 0 Å². The standard InChI is InChI=1S/C11H21NO2/c1-8(2)6-11(7-12(11)5)10(13)14-9(3)4/h8-9H,6-7H2,1-5H3/t11-,12?/m1/s1. The molecule has 82 valence electrons. The van der Waals surface area contributed by atoms with Crippen molar-refractivity contribution in [2.24, 2.45) is 5.92 Å². The molecule has 14 heavy (non-hydrogen) atoms. The van der Waals surface area contributed by atoms with Crippen LogP contribution >= 0.6 is 0 Å². The van der Waals surface area contributed by atoms with Crippen LogP contribution in [0.3, 0.4) is 0 Å². The maximum absolute atomic E-state index is 11.8. The van der Waals surface area contributed by atoms with Gasteiger partial charge in [-0.1, -0.05) is 13.8 Å². The highest BCUT2D eigenvalue weighted by Gasteiger charge is 2.57. The van der Waals surface area contributed by atoms with E-state index in [0.29, 0.717) is 5.92 Å². The van der Waals surface area contributed by atoms with E-state index < -0.39 is 0 Å². The van der Waals surface area contributed by atoms with E-state index in [4.69, 9.17) is 4.74 Å². The predicted octanol–water partition coefficient (Wildman–Crippen LogP) is 1.67. The molecule has 0 bridgehead atoms. The van der Waals surface area contributed by atoms with Gasteiger partial charge in [-0.15, -0.1) is 0 Å². The number of rotatable bonds is 4. The first-order valence-electron chi connectivity index (χ1n) is 5.31. The Balaban J connectivity index is 2.58. The molecule has 1 saturated heterocycles. The number of hydrogen-bond acceptors (Lipinski definition) is 3. The maximum atomic E-state index is 11.8. The van der Waals surface area contributed by atoms with Crippen molar-refractivity contribution in [3.63, 3.8) is 0 Å². The van der Waals surface area contributed by atoms with Crippen molar-refractivity contribution in [2.45, 2.75) is 45.8 Å². The van der Waals surface area contributed by atoms with Crippen LogP contribution in [0.2, 0.25) is 0 Å². The van der Waals surface area contributed by atoms with Crippen LogP contribution in [0.25, 0.3) is 0 Å². The molecular weight excluding hydrogens is 178 g/mol. The number of carbonyl (C=O) groups excluding carboxylic acids is 1. The van der Waals surface area contributed by atoms with Gasteiger partial charge in [0.05, 0.1) is 6.10 Å². The smallest absolute Gasteiger partial charge is 0.328 e. The van der Waals surface area contributed by atoms with E-state index in [1.807, 2.05) is 20.9 Å². The van der Waals surface area contributed by atoms with Crippen LogP contribution in [0.15, 0.2) is 0 Å². The van der Waals surface area contributed by atoms with Crippen LogP contribution in [0, 0.1) is 5.92 Å². The number of esters is 1. The van der Waals surface area contributed by atoms with Gasteiger partial charge < -0.3 is 4.74 Å². The molecule has 2 atom stereocenters. The highest BCUT2D eigenvalue weighted by atomic mass is 16.5. The SMILES string of the molecule is CC(C)C[C@]1(C(=O)OC(C)C)CN1C. The molecule has 0 radical (unpaired) electrons. The summed E-state index contributed by atoms with van der Waals surface area (Å²) in [6.07, 6.45) is 0.884. The third-order valence-electron chi connectivity index (χ3n) is 2.59. The van der Waals surface area contributed by atoms with Crippen LogP contribution in [0.5, 0.6) is 0 Å². The van der Waals surface area contributed by atoms with Crippen molar-refractivity contribution in [3.05, 3.63) is 0 Å². The fraction of sp³-hybridized carbons (Fsp3) is 0.909. The third kappa shape index (κ3) is 2.27. The van der Waals surface area contributed by atoms with Gasteiger partial charge >= 0.3 is 5.97 Å². The minimum Gasteiger partial charge on any atom is -0.462 e. The lowest BCUT2D eigenvalue weighted by Gasteiger charge is -2.18. The van der Waals surface area contributed by atoms with Gasteiger partial charge in [-0.25, -0.2) is 4.79 Å². The Labute approximate surface area is 86.4 Å². The summed E-state index contributed by atoms with van der Waals surface area (Å²) >= 11 is 0. The number of likely N-dealkylation sites (N-methyl/N-ethyl adjacent to an activating group) is 1. The molecule has 0 amide bonds. The lowest BCUT2D eigenvalue weighted by Crippen LogP contribution is -2.34. The summed E-state index contributed by atoms with van der Waals surface area (Å²) in [5.74, 6) is 0.475. The molecule has 0 aromatic heterocycles. The van der Waals surface area contributed by atoms with E-state index in [0.717, 1.165) is 13.0 Å². The molecule has 1 aliphatic rings. The molecule has 1 heterocycles. The first-order valence-corrected chi connectivity index (χ1v) is 5.31. The summed E-state index contributed by atoms with van der Waals surface area (Å²) in [4.78, 5) is 13.9. The summed E-state index contributed by atoms with van der Waals surface area (Å²) in [6, 6.07) is 0. The Morgan fingerprint density at radius 3 is 2.21 bits per heavy atom. The molecule has 1 aliphatic heterocycles. The van der Waals surface area contributed by atoms with E-state index in [2.05, 4.69) is 18.7 Å². The molecule has 3 nitrogen and oxygen atoms in total. The van der Waals surface area contributed by atoms with Crippen molar-refractivity contribution in [1.82, 2.24) is 4.90 Å². The van der Waals surface area contributed by atoms with Gasteiger partial charge in [0.25, 0.3) is 0 Å². The van der Waals surface area contributed by atoms with Gasteiger partial charge in [0.2, 0.25) is 0 Å². The highest BCUT2D eigenvalue weighted by Crippen LogP contribution is 2.37. The van der Waals surface area contributed by atoms with Gasteiger partial charge in [0.1, 0.15) is 5.54 Å². The van der Waals surface area contributed by atoms with Gasteiger partial charge in [-0.05, 0) is 33.2 Å². The second-order valence-electron chi connectivity index (χ2n) is 4.94. The minimum absolute atomic E-state index is 0.0134. The van der Waals surface area contributed by atoms with E-state index >= 15 is 0 Å². The zero-order valence-electron chi connectivity index (χ0n) is 9.83. The molecule has 1 fully saturated rings. The molecule has 0 aromatic rings. The third-order valence-corrected chi connectivity index (χ3v) is 2.59. The van der Waals surface area contributed by atoms with Crippen molar-refractivity contribution in [2.75, 3.05) is 13.6 Å². The molecule has 0 aromatic carbocycles. The second-order valence-corrected chi connectivity index (χ2v) is 4.94. The Kier molecular flexibility index (Phi) is 3.20. The molecule has 1 unspecified atom stereocenters. The first-order chi connectivity index (χ1) is 6.38. The van der Waals surface area contributed by atoms with Crippen molar-refractivity contribution >= 4 is 5.97 Å². The molecule has 0 saturated carbocycles. The van der Waals surface area contributed by atoms with Crippen LogP contribution < -0.4 is 0 Å². The highest BCUT2D eigenvalue weighted by molar-refractivity contribution is 5.84. The Morgan fingerprint density at radius 1 is 1.43 bits per heavy atom. The van der Waals surface area contributed by atoms with Crippen LogP contribution in [0.4, 0.5) is 0 Å². The molecule has 3 heteroatoms. The lowest BCUT2D eigenvalue weighted by atomic mass is 9.97. The van der Waals surface area contributed by atoms with Gasteiger partial charge in [-0.3, -0.25) is 4.90 Å². The fourth-order valence-electron chi connectivity index (χ4n) is 1.88. The molecule has 0 aliphatic carbocycles. The average molecular weight is 199 g/mol. The predicted molar refractivity (Wildman–Crippen MR) is 56.0 cm³/mol. The van der Waals surface area contributed by atoms with Gasteiger partial charge in [0, 0.05) is 6.54 Å². The number of hydrogen-bond donors (Lipinski definition) is 0. The van der Waals surface area contributed by atoms with Gasteiger partial charge in [-0.2, -0.15) is 0 Å². The Bertz CT molecular complexity index is 225. The fourth-order valence-corrected chi connectivity index (χ4v) is 1.88. The first kappa shape index (κ1) is 11.5. The summed E-state index contributed by atoms with van der Waals surface area (Å²) in [6.45, 7) is 8.90. The molecular formula is C11H21NO2. The zero-order valence-corrected chi connectivity index (χ0v) is 9.83. The topological polar surface area (TPSA) is 29.3 Å². The van der Waals surface area contributed by atoms with E-state index in [1.165, 1.54) is 0 Å². The second kappa shape index (κ2) is 3.89. The number of nitrogens with zero attached hydrogens (tertiary/aromatic N) is 1. The summed E-state index contributed by atoms with van der Waals surface area (Å²) in [5.41, 5.74) is -0.307. The van der Waals surface area contributed by atoms with E-state index in [-0.39, 0.29) is 17.6 Å². The summed E-state index contributed by atoms with van der Waals surface area (Å²) in [7, 11) is 1.98. The lowest BCUT2D eigenvalue weighted by molar-refractivity contribution is -0.152. The molecule has 0 N–H and O–H groups in total. The molecule has 0 spiro atoms. The average Bonchev–Trinajstić information content (AvgIpc) is 2.59. The molecule has 1 rings (SSSR count). The van der Waals surface area contributed by atoms with Crippen LogP contribution in [0.1, 0.15) is 34.1 Å². The number of carbonyl (C=O) groups is 1. The quantitative estimate of drug-likeness (QED) is 0.509. The van der Waals surface area contributed by atoms with Gasteiger partial charge in [0.15, 0.2) is 0 Å². The van der Waals surface area contributed by atoms with Crippen LogP contribution in [-0.4, -0.2) is 36.1 Å². The number of ether oxygens (including phenoxy) is 1. The van der Waals surface area contributed by atoms with Crippen molar-refractivity contribution < 1.29 is 9.53 Å². The Hall–Kier alpha value is -0.570. The Morgan fingerprint density at radius 2 is 1.93 bits per heavy atom. The van der Waals surface area contributed by atoms with E-state index in [1.54, 1.807) is 0 Å². The van der Waals surface area contributed by atoms with Crippen molar-refractivity contribution in [3.8, 4) is 0 Å². The maximum Gasteiger partial charge on any atom is 0.328 e. The minimum atomic E-state index is -0.307.